The van der Waals surface area contributed by atoms with E-state index in [1.54, 1.807) is 0 Å². The van der Waals surface area contributed by atoms with Gasteiger partial charge in [-0.3, -0.25) is 0 Å². The smallest absolute Gasteiger partial charge is 1.00 e. The van der Waals surface area contributed by atoms with Crippen LogP contribution in [0, 0.1) is 31.1 Å². The molecule has 0 aliphatic heterocycles. The molecule has 0 rings (SSSR count). The third kappa shape index (κ3) is 16.1. The van der Waals surface area contributed by atoms with Crippen molar-refractivity contribution < 1.29 is 125 Å². The fourth-order valence-corrected chi connectivity index (χ4v) is 0. The van der Waals surface area contributed by atoms with E-state index in [4.69, 9.17) is 14.4 Å². The van der Waals surface area contributed by atoms with E-state index in [0.717, 1.165) is 0 Å². The molecular weight excluding hydrogens is 485 g/mol. The summed E-state index contributed by atoms with van der Waals surface area (Å²) in [6.07, 6.45) is 0. The Morgan fingerprint density at radius 2 is 1.75 bits per heavy atom. The van der Waals surface area contributed by atoms with E-state index >= 15 is 0 Å². The second-order valence-electron chi connectivity index (χ2n) is 0.560. The number of rotatable bonds is 1. The van der Waals surface area contributed by atoms with Crippen molar-refractivity contribution in [2.45, 2.75) is 0 Å². The van der Waals surface area contributed by atoms with Gasteiger partial charge in [-0.2, -0.15) is 0 Å². The molecule has 0 saturated heterocycles. The Bertz CT molecular complexity index is 84.6. The molecule has 44 valence electrons. The minimum Gasteiger partial charge on any atom is -1.00 e. The molecule has 0 aromatic carbocycles. The normalized spacial score (nSPS) is 8.88. The van der Waals surface area contributed by atoms with Gasteiger partial charge in [-0.05, 0) is 4.53 Å². The van der Waals surface area contributed by atoms with Crippen LogP contribution < -0.4 is 68.9 Å². The van der Waals surface area contributed by atoms with Crippen LogP contribution in [0.2, 0.25) is 0 Å². The Morgan fingerprint density at radius 3 is 1.75 bits per heavy atom. The van der Waals surface area contributed by atoms with E-state index in [1.165, 1.54) is 0 Å². The minimum absolute atomic E-state index is 0. The molecule has 2 N–H and O–H groups in total. The summed E-state index contributed by atoms with van der Waals surface area (Å²) in [7, 11) is -4.81. The summed E-state index contributed by atoms with van der Waals surface area (Å²) in [4.78, 5) is 14.7. The third-order valence-corrected chi connectivity index (χ3v) is 0.270. The van der Waals surface area contributed by atoms with Crippen LogP contribution >= 0.6 is 7.82 Å². The summed E-state index contributed by atoms with van der Waals surface area (Å²) in [5.74, 6) is 0. The van der Waals surface area contributed by atoms with Crippen LogP contribution in [0.15, 0.2) is 0 Å². The molecule has 0 atom stereocenters. The van der Waals surface area contributed by atoms with Crippen molar-refractivity contribution in [2.75, 3.05) is 0 Å². The van der Waals surface area contributed by atoms with E-state index < -0.39 is 7.82 Å². The summed E-state index contributed by atoms with van der Waals surface area (Å²) in [5, 5.41) is 0. The van der Waals surface area contributed by atoms with Gasteiger partial charge in [0, 0.05) is 31.1 Å². The Balaban J connectivity index is -0.0000000417. The molecule has 0 radical (unpaired) electrons. The van der Waals surface area contributed by atoms with Crippen LogP contribution in [0.4, 0.5) is 4.53 Å². The van der Waals surface area contributed by atoms with Crippen LogP contribution in [0.1, 0.15) is 1.43 Å². The van der Waals surface area contributed by atoms with Crippen molar-refractivity contribution in [3.05, 3.63) is 0 Å². The molecule has 0 bridgehead atoms. The van der Waals surface area contributed by atoms with Gasteiger partial charge in [0.2, 0.25) is 0 Å². The quantitative estimate of drug-likeness (QED) is 0.390. The largest absolute Gasteiger partial charge is 1.00 e. The molecule has 8 heteroatoms. The zero-order valence-corrected chi connectivity index (χ0v) is 15.4. The van der Waals surface area contributed by atoms with Gasteiger partial charge in [0.25, 0.3) is 0 Å². The molecule has 0 fully saturated rings. The van der Waals surface area contributed by atoms with E-state index in [9.17, 15) is 4.53 Å². The monoisotopic (exact) mass is 488 g/mol. The van der Waals surface area contributed by atoms with Gasteiger partial charge in [0.15, 0.2) is 0 Å². The van der Waals surface area contributed by atoms with E-state index in [1.807, 2.05) is 0 Å². The Kier molecular flexibility index (Phi) is 17.8. The summed E-state index contributed by atoms with van der Waals surface area (Å²) >= 11 is 0. The Labute approximate surface area is 129 Å². The van der Waals surface area contributed by atoms with Crippen LogP contribution in [-0.4, -0.2) is 9.79 Å². The van der Waals surface area contributed by atoms with Crippen LogP contribution in [-0.2, 0) is 9.29 Å². The van der Waals surface area contributed by atoms with Crippen molar-refractivity contribution in [3.8, 4) is 0 Å². The summed E-state index contributed by atoms with van der Waals surface area (Å²) in [5.41, 5.74) is 0. The second kappa shape index (κ2) is 8.24. The number of hydrogen-bond donors (Lipinski definition) is 2. The van der Waals surface area contributed by atoms with Gasteiger partial charge in [0.05, 0.1) is 0 Å². The Hall–Kier alpha value is 3.14. The fraction of sp³-hybridized carbons (Fsp3) is 0. The molecule has 0 spiro atoms. The van der Waals surface area contributed by atoms with Crippen molar-refractivity contribution in [1.82, 2.24) is 0 Å². The first kappa shape index (κ1) is 17.3. The molecule has 4 nitrogen and oxygen atoms in total. The van der Waals surface area contributed by atoms with Crippen molar-refractivity contribution >= 4 is 7.82 Å². The van der Waals surface area contributed by atoms with Crippen molar-refractivity contribution in [2.24, 2.45) is 0 Å². The summed E-state index contributed by atoms with van der Waals surface area (Å²) in [6, 6.07) is 0. The molecule has 0 heterocycles. The number of phosphoric acid groups is 1. The van der Waals surface area contributed by atoms with E-state index in [-0.39, 0.29) is 101 Å². The average Bonchev–Trinajstić information content (AvgIpc) is 1.35. The minimum atomic E-state index is -4.81. The molecule has 0 aliphatic rings. The Morgan fingerprint density at radius 1 is 1.62 bits per heavy atom. The maximum Gasteiger partial charge on any atom is 1.00 e. The van der Waals surface area contributed by atoms with Crippen LogP contribution in [0.3, 0.4) is 0 Å². The molecule has 0 aromatic heterocycles. The number of hydrogen-bond acceptors (Lipinski definition) is 2. The van der Waals surface area contributed by atoms with Gasteiger partial charge in [-0.15, -0.1) is 0 Å². The van der Waals surface area contributed by atoms with Gasteiger partial charge in [0.1, 0.15) is 0 Å². The van der Waals surface area contributed by atoms with Crippen molar-refractivity contribution in [3.63, 3.8) is 0 Å². The first-order valence-electron chi connectivity index (χ1n) is 0.919. The summed E-state index contributed by atoms with van der Waals surface area (Å²) in [6.45, 7) is 0. The van der Waals surface area contributed by atoms with Crippen molar-refractivity contribution in [1.29, 1.82) is 0 Å². The molecular formula is H3CsFO4PU. The van der Waals surface area contributed by atoms with Gasteiger partial charge in [-0.1, -0.05) is 4.73 Å². The maximum atomic E-state index is 10.2. The van der Waals surface area contributed by atoms with Gasteiger partial charge >= 0.3 is 76.7 Å². The predicted molar refractivity (Wildman–Crippen MR) is 15.3 cm³/mol. The molecule has 0 amide bonds. The van der Waals surface area contributed by atoms with E-state index in [2.05, 4.69) is 4.73 Å². The predicted octanol–water partition coefficient (Wildman–Crippen LogP) is -2.90. The third-order valence-electron chi connectivity index (χ3n) is 0.0899. The average molecular weight is 488 g/mol. The number of halogens is 1. The molecule has 0 unspecified atom stereocenters. The molecule has 0 saturated carbocycles. The second-order valence-corrected chi connectivity index (χ2v) is 1.68. The van der Waals surface area contributed by atoms with Crippen LogP contribution in [0.5, 0.6) is 0 Å². The van der Waals surface area contributed by atoms with Crippen LogP contribution in [0.25, 0.3) is 0 Å². The first-order valence-corrected chi connectivity index (χ1v) is 2.45. The molecule has 0 aliphatic carbocycles. The van der Waals surface area contributed by atoms with Gasteiger partial charge < -0.3 is 11.2 Å². The zero-order chi connectivity index (χ0) is 5.21. The first-order chi connectivity index (χ1) is 2.56. The van der Waals surface area contributed by atoms with E-state index in [0.29, 0.717) is 0 Å². The molecule has 0 aromatic rings. The standard InChI is InChI=1S/Cs.FH2O4P.U.H/c;1-5-6(2,3)4;;/h;(H2,2,3,4);;/q+1;;;-1. The maximum absolute atomic E-state index is 10.2. The topological polar surface area (TPSA) is 66.8 Å². The SMILES string of the molecule is O=P(O)(O)OF.[Cs+].[H-].[U]. The summed E-state index contributed by atoms with van der Waals surface area (Å²) < 4.78 is 21.4. The van der Waals surface area contributed by atoms with Gasteiger partial charge in [-0.25, -0.2) is 4.57 Å². The fourth-order valence-electron chi connectivity index (χ4n) is 0. The molecule has 8 heavy (non-hydrogen) atoms. The zero-order valence-electron chi connectivity index (χ0n) is 5.04.